The van der Waals surface area contributed by atoms with Gasteiger partial charge in [-0.15, -0.1) is 6.58 Å². The fourth-order valence-electron chi connectivity index (χ4n) is 6.46. The number of ether oxygens (including phenoxy) is 3. The number of esters is 2. The number of hydrogen-bond donors (Lipinski definition) is 0. The van der Waals surface area contributed by atoms with Crippen LogP contribution < -0.4 is 9.47 Å². The highest BCUT2D eigenvalue weighted by Crippen LogP contribution is 2.66. The Bertz CT molecular complexity index is 986. The largest absolute Gasteiger partial charge is 0.477 e. The Morgan fingerprint density at radius 2 is 2.10 bits per heavy atom. The molecule has 2 aliphatic carbocycles. The fraction of sp³-hybridized carbons (Fsp3) is 0.522. The van der Waals surface area contributed by atoms with Crippen LogP contribution in [0.2, 0.25) is 0 Å². The molecule has 0 N–H and O–H groups in total. The number of benzene rings is 1. The summed E-state index contributed by atoms with van der Waals surface area (Å²) in [5, 5.41) is 0. The average molecular weight is 411 g/mol. The molecule has 2 fully saturated rings. The summed E-state index contributed by atoms with van der Waals surface area (Å²) in [6.45, 7) is 8.07. The lowest BCUT2D eigenvalue weighted by Crippen LogP contribution is -2.77. The normalized spacial score (nSPS) is 33.3. The number of likely N-dealkylation sites (tertiary alicyclic amines) is 1. The first-order chi connectivity index (χ1) is 14.3. The van der Waals surface area contributed by atoms with Crippen molar-refractivity contribution >= 4 is 17.7 Å². The van der Waals surface area contributed by atoms with E-state index in [-0.39, 0.29) is 24.2 Å². The molecule has 7 nitrogen and oxygen atoms in total. The molecule has 0 radical (unpaired) electrons. The molecular weight excluding hydrogens is 386 g/mol. The highest BCUT2D eigenvalue weighted by molar-refractivity contribution is 5.90. The highest BCUT2D eigenvalue weighted by atomic mass is 16.6. The first kappa shape index (κ1) is 19.3. The number of carbonyl (C=O) groups excluding carboxylic acids is 3. The summed E-state index contributed by atoms with van der Waals surface area (Å²) in [5.74, 6) is -0.0293. The van der Waals surface area contributed by atoms with Gasteiger partial charge in [-0.2, -0.15) is 0 Å². The standard InChI is InChI=1S/C23H25NO6/c1-4-10-24-11-9-22-19-15-5-6-17(28-13(2)25)20(19)29-21(22)16(27)7-8-23(22,18(24)12-15)30-14(3)26/h4-6,18,21H,1,7-12H2,2-3H3/t18-,21+,22-,23+/m0/s1. The molecule has 7 heteroatoms. The predicted octanol–water partition coefficient (Wildman–Crippen LogP) is 2.09. The van der Waals surface area contributed by atoms with Gasteiger partial charge in [0, 0.05) is 38.9 Å². The van der Waals surface area contributed by atoms with Crippen molar-refractivity contribution in [2.24, 2.45) is 0 Å². The van der Waals surface area contributed by atoms with Crippen LogP contribution in [0.15, 0.2) is 24.8 Å². The zero-order valence-electron chi connectivity index (χ0n) is 17.2. The number of ketones is 1. The molecule has 30 heavy (non-hydrogen) atoms. The Labute approximate surface area is 175 Å². The zero-order valence-corrected chi connectivity index (χ0v) is 17.2. The Hall–Kier alpha value is -2.67. The van der Waals surface area contributed by atoms with Gasteiger partial charge in [-0.05, 0) is 30.9 Å². The summed E-state index contributed by atoms with van der Waals surface area (Å²) >= 11 is 0. The number of hydrogen-bond acceptors (Lipinski definition) is 7. The summed E-state index contributed by atoms with van der Waals surface area (Å²) in [6.07, 6.45) is 3.14. The molecule has 0 aromatic heterocycles. The van der Waals surface area contributed by atoms with Crippen LogP contribution in [0.1, 0.15) is 44.2 Å². The van der Waals surface area contributed by atoms with Crippen molar-refractivity contribution < 1.29 is 28.6 Å². The van der Waals surface area contributed by atoms with Crippen molar-refractivity contribution in [3.63, 3.8) is 0 Å². The van der Waals surface area contributed by atoms with Crippen LogP contribution in [-0.2, 0) is 31.0 Å². The maximum Gasteiger partial charge on any atom is 0.308 e. The number of piperidine rings is 1. The van der Waals surface area contributed by atoms with E-state index in [0.29, 0.717) is 37.3 Å². The molecule has 0 amide bonds. The van der Waals surface area contributed by atoms with Gasteiger partial charge in [0.2, 0.25) is 0 Å². The minimum absolute atomic E-state index is 0.00604. The second-order valence-corrected chi connectivity index (χ2v) is 8.69. The summed E-state index contributed by atoms with van der Waals surface area (Å²) in [4.78, 5) is 39.4. The Morgan fingerprint density at radius 1 is 1.30 bits per heavy atom. The number of rotatable bonds is 4. The van der Waals surface area contributed by atoms with Gasteiger partial charge in [-0.3, -0.25) is 19.3 Å². The van der Waals surface area contributed by atoms with Gasteiger partial charge in [-0.25, -0.2) is 0 Å². The molecule has 158 valence electrons. The first-order valence-electron chi connectivity index (χ1n) is 10.4. The minimum Gasteiger partial charge on any atom is -0.477 e. The highest BCUT2D eigenvalue weighted by Gasteiger charge is 2.75. The van der Waals surface area contributed by atoms with E-state index in [1.807, 2.05) is 12.1 Å². The predicted molar refractivity (Wildman–Crippen MR) is 106 cm³/mol. The van der Waals surface area contributed by atoms with Crippen LogP contribution in [0.3, 0.4) is 0 Å². The van der Waals surface area contributed by atoms with Crippen LogP contribution in [0.5, 0.6) is 11.5 Å². The SMILES string of the molecule is C=CCN1CC[C@]23c4c5ccc(OC(C)=O)c4O[C@@H]2C(=O)CC[C@@]3(OC(C)=O)[C@@H]1C5. The van der Waals surface area contributed by atoms with Gasteiger partial charge in [0.25, 0.3) is 0 Å². The lowest BCUT2D eigenvalue weighted by Gasteiger charge is -2.63. The van der Waals surface area contributed by atoms with Gasteiger partial charge in [0.05, 0.1) is 11.5 Å². The third-order valence-electron chi connectivity index (χ3n) is 7.26. The van der Waals surface area contributed by atoms with Crippen LogP contribution in [-0.4, -0.2) is 53.5 Å². The zero-order chi connectivity index (χ0) is 21.3. The van der Waals surface area contributed by atoms with E-state index in [1.54, 1.807) is 6.07 Å². The number of nitrogens with zero attached hydrogens (tertiary/aromatic N) is 1. The van der Waals surface area contributed by atoms with E-state index < -0.39 is 23.1 Å². The molecule has 1 saturated carbocycles. The van der Waals surface area contributed by atoms with E-state index >= 15 is 0 Å². The van der Waals surface area contributed by atoms with Crippen molar-refractivity contribution in [1.29, 1.82) is 0 Å². The van der Waals surface area contributed by atoms with Gasteiger partial charge < -0.3 is 14.2 Å². The van der Waals surface area contributed by atoms with Crippen molar-refractivity contribution in [2.75, 3.05) is 13.1 Å². The molecule has 1 aromatic carbocycles. The van der Waals surface area contributed by atoms with E-state index in [0.717, 1.165) is 17.7 Å². The van der Waals surface area contributed by atoms with Crippen molar-refractivity contribution in [3.8, 4) is 11.5 Å². The van der Waals surface area contributed by atoms with E-state index in [1.165, 1.54) is 13.8 Å². The van der Waals surface area contributed by atoms with Crippen molar-refractivity contribution in [2.45, 2.75) is 62.7 Å². The summed E-state index contributed by atoms with van der Waals surface area (Å²) in [5.41, 5.74) is 0.302. The van der Waals surface area contributed by atoms with Gasteiger partial charge >= 0.3 is 11.9 Å². The van der Waals surface area contributed by atoms with Crippen LogP contribution >= 0.6 is 0 Å². The molecule has 5 rings (SSSR count). The lowest BCUT2D eigenvalue weighted by molar-refractivity contribution is -0.213. The van der Waals surface area contributed by atoms with E-state index in [2.05, 4.69) is 11.5 Å². The van der Waals surface area contributed by atoms with Crippen molar-refractivity contribution in [3.05, 3.63) is 35.9 Å². The van der Waals surface area contributed by atoms with E-state index in [9.17, 15) is 14.4 Å². The lowest BCUT2D eigenvalue weighted by atomic mass is 9.48. The molecule has 2 bridgehead atoms. The summed E-state index contributed by atoms with van der Waals surface area (Å²) < 4.78 is 17.9. The van der Waals surface area contributed by atoms with Crippen LogP contribution in [0.25, 0.3) is 0 Å². The first-order valence-corrected chi connectivity index (χ1v) is 10.4. The fourth-order valence-corrected chi connectivity index (χ4v) is 6.46. The molecule has 0 unspecified atom stereocenters. The van der Waals surface area contributed by atoms with Crippen molar-refractivity contribution in [1.82, 2.24) is 4.90 Å². The smallest absolute Gasteiger partial charge is 0.308 e. The molecule has 1 aromatic rings. The quantitative estimate of drug-likeness (QED) is 0.426. The van der Waals surface area contributed by atoms with E-state index in [4.69, 9.17) is 14.2 Å². The second-order valence-electron chi connectivity index (χ2n) is 8.69. The molecule has 1 spiro atoms. The molecular formula is C23H25NO6. The van der Waals surface area contributed by atoms with Crippen LogP contribution in [0, 0.1) is 0 Å². The van der Waals surface area contributed by atoms with Crippen LogP contribution in [0.4, 0.5) is 0 Å². The summed E-state index contributed by atoms with van der Waals surface area (Å²) in [7, 11) is 0. The monoisotopic (exact) mass is 411 g/mol. The van der Waals surface area contributed by atoms with Gasteiger partial charge in [0.1, 0.15) is 5.60 Å². The second kappa shape index (κ2) is 6.41. The van der Waals surface area contributed by atoms with Gasteiger partial charge in [0.15, 0.2) is 23.4 Å². The molecule has 1 saturated heterocycles. The molecule has 4 atom stereocenters. The number of carbonyl (C=O) groups is 3. The molecule has 2 heterocycles. The average Bonchev–Trinajstić information content (AvgIpc) is 3.03. The maximum absolute atomic E-state index is 13.1. The Balaban J connectivity index is 1.78. The number of Topliss-reactive ketones (excluding diaryl/α,β-unsaturated/α-hetero) is 1. The molecule has 2 aliphatic heterocycles. The maximum atomic E-state index is 13.1. The third kappa shape index (κ3) is 2.27. The van der Waals surface area contributed by atoms with Gasteiger partial charge in [-0.1, -0.05) is 12.1 Å². The summed E-state index contributed by atoms with van der Waals surface area (Å²) in [6, 6.07) is 3.61. The molecule has 4 aliphatic rings. The Kier molecular flexibility index (Phi) is 4.13. The minimum atomic E-state index is -0.869. The topological polar surface area (TPSA) is 82.1 Å². The Morgan fingerprint density at radius 3 is 2.80 bits per heavy atom. The third-order valence-corrected chi connectivity index (χ3v) is 7.26.